The summed E-state index contributed by atoms with van der Waals surface area (Å²) in [5, 5.41) is 12.9. The Morgan fingerprint density at radius 2 is 1.71 bits per heavy atom. The summed E-state index contributed by atoms with van der Waals surface area (Å²) >= 11 is 0. The van der Waals surface area contributed by atoms with Gasteiger partial charge in [-0.2, -0.15) is 0 Å². The van der Waals surface area contributed by atoms with Gasteiger partial charge in [-0.15, -0.1) is 0 Å². The van der Waals surface area contributed by atoms with Crippen molar-refractivity contribution in [2.45, 2.75) is 18.9 Å². The number of carbonyl (C=O) groups is 4. The van der Waals surface area contributed by atoms with Gasteiger partial charge in [-0.3, -0.25) is 29.4 Å². The fourth-order valence-corrected chi connectivity index (χ4v) is 3.31. The predicted octanol–water partition coefficient (Wildman–Crippen LogP) is 0.947. The Kier molecular flexibility index (Phi) is 2.93. The second-order valence-corrected chi connectivity index (χ2v) is 5.81. The Morgan fingerprint density at radius 1 is 1.00 bits per heavy atom. The van der Waals surface area contributed by atoms with E-state index in [2.05, 4.69) is 5.32 Å². The van der Waals surface area contributed by atoms with Crippen molar-refractivity contribution in [3.63, 3.8) is 0 Å². The molecule has 1 fully saturated rings. The maximum Gasteiger partial charge on any atom is 0.262 e. The molecule has 1 unspecified atom stereocenters. The van der Waals surface area contributed by atoms with Gasteiger partial charge >= 0.3 is 0 Å². The van der Waals surface area contributed by atoms with Crippen LogP contribution < -0.4 is 5.32 Å². The first-order valence-electron chi connectivity index (χ1n) is 7.45. The van der Waals surface area contributed by atoms with E-state index in [1.807, 2.05) is 0 Å². The largest absolute Gasteiger partial charge is 0.507 e. The van der Waals surface area contributed by atoms with Gasteiger partial charge in [0, 0.05) is 28.3 Å². The number of phenols is 1. The summed E-state index contributed by atoms with van der Waals surface area (Å²) in [4.78, 5) is 49.9. The Bertz CT molecular complexity index is 927. The molecule has 1 atom stereocenters. The summed E-state index contributed by atoms with van der Waals surface area (Å²) in [6, 6.07) is 6.60. The molecule has 2 aliphatic heterocycles. The van der Waals surface area contributed by atoms with Crippen LogP contribution in [-0.4, -0.2) is 39.7 Å². The van der Waals surface area contributed by atoms with Crippen LogP contribution in [0.15, 0.2) is 30.3 Å². The monoisotopic (exact) mass is 324 g/mol. The number of amides is 4. The van der Waals surface area contributed by atoms with Gasteiger partial charge in [-0.1, -0.05) is 12.1 Å². The molecule has 2 aliphatic rings. The highest BCUT2D eigenvalue weighted by atomic mass is 16.3. The van der Waals surface area contributed by atoms with E-state index < -0.39 is 29.7 Å². The predicted molar refractivity (Wildman–Crippen MR) is 82.3 cm³/mol. The maximum absolute atomic E-state index is 12.8. The Morgan fingerprint density at radius 3 is 2.42 bits per heavy atom. The van der Waals surface area contributed by atoms with Gasteiger partial charge in [0.15, 0.2) is 0 Å². The van der Waals surface area contributed by atoms with E-state index in [0.717, 1.165) is 4.90 Å². The molecule has 2 aromatic rings. The number of benzene rings is 2. The molecule has 2 aromatic carbocycles. The van der Waals surface area contributed by atoms with Crippen molar-refractivity contribution in [3.05, 3.63) is 41.5 Å². The van der Waals surface area contributed by atoms with Crippen LogP contribution >= 0.6 is 0 Å². The third-order valence-corrected chi connectivity index (χ3v) is 4.44. The van der Waals surface area contributed by atoms with Gasteiger partial charge in [-0.25, -0.2) is 0 Å². The van der Waals surface area contributed by atoms with Crippen LogP contribution in [0.1, 0.15) is 33.6 Å². The van der Waals surface area contributed by atoms with Crippen LogP contribution in [-0.2, 0) is 9.59 Å². The van der Waals surface area contributed by atoms with E-state index in [0.29, 0.717) is 10.8 Å². The number of phenolic OH excluding ortho intramolecular Hbond substituents is 1. The lowest BCUT2D eigenvalue weighted by atomic mass is 9.91. The normalized spacial score (nSPS) is 20.5. The number of nitrogens with zero attached hydrogens (tertiary/aromatic N) is 1. The fraction of sp³-hybridized carbons (Fsp3) is 0.176. The van der Waals surface area contributed by atoms with Gasteiger partial charge in [-0.05, 0) is 24.6 Å². The molecule has 0 aliphatic carbocycles. The summed E-state index contributed by atoms with van der Waals surface area (Å²) in [5.41, 5.74) is 0.505. The van der Waals surface area contributed by atoms with E-state index in [4.69, 9.17) is 0 Å². The van der Waals surface area contributed by atoms with Crippen molar-refractivity contribution in [2.75, 3.05) is 0 Å². The first kappa shape index (κ1) is 14.4. The lowest BCUT2D eigenvalue weighted by Crippen LogP contribution is -2.57. The minimum atomic E-state index is -1.01. The van der Waals surface area contributed by atoms with Crippen LogP contribution in [0.25, 0.3) is 10.8 Å². The van der Waals surface area contributed by atoms with Crippen molar-refractivity contribution in [2.24, 2.45) is 0 Å². The molecule has 0 radical (unpaired) electrons. The lowest BCUT2D eigenvalue weighted by Gasteiger charge is -2.34. The van der Waals surface area contributed by atoms with Crippen LogP contribution in [0.2, 0.25) is 0 Å². The molecule has 7 heteroatoms. The first-order valence-corrected chi connectivity index (χ1v) is 7.45. The van der Waals surface area contributed by atoms with E-state index in [9.17, 15) is 24.3 Å². The average molecular weight is 324 g/mol. The molecule has 7 nitrogen and oxygen atoms in total. The molecule has 120 valence electrons. The number of aromatic hydroxyl groups is 1. The molecule has 4 amide bonds. The van der Waals surface area contributed by atoms with Crippen molar-refractivity contribution >= 4 is 34.4 Å². The fourth-order valence-electron chi connectivity index (χ4n) is 3.31. The smallest absolute Gasteiger partial charge is 0.262 e. The van der Waals surface area contributed by atoms with Crippen LogP contribution in [0, 0.1) is 0 Å². The van der Waals surface area contributed by atoms with Crippen LogP contribution in [0.5, 0.6) is 5.75 Å². The molecule has 1 saturated heterocycles. The van der Waals surface area contributed by atoms with E-state index in [-0.39, 0.29) is 29.7 Å². The zero-order chi connectivity index (χ0) is 17.0. The third kappa shape index (κ3) is 1.84. The number of hydrogen-bond acceptors (Lipinski definition) is 5. The Balaban J connectivity index is 1.88. The van der Waals surface area contributed by atoms with Crippen molar-refractivity contribution in [1.82, 2.24) is 10.2 Å². The number of rotatable bonds is 1. The van der Waals surface area contributed by atoms with Crippen molar-refractivity contribution < 1.29 is 24.3 Å². The summed E-state index contributed by atoms with van der Waals surface area (Å²) in [5.74, 6) is -2.29. The highest BCUT2D eigenvalue weighted by Crippen LogP contribution is 2.36. The molecular formula is C17H12N2O5. The number of imide groups is 2. The topological polar surface area (TPSA) is 104 Å². The highest BCUT2D eigenvalue weighted by molar-refractivity contribution is 6.27. The molecule has 0 spiro atoms. The van der Waals surface area contributed by atoms with Crippen LogP contribution in [0.4, 0.5) is 0 Å². The Labute approximate surface area is 135 Å². The molecule has 2 N–H and O–H groups in total. The van der Waals surface area contributed by atoms with Gasteiger partial charge in [0.05, 0.1) is 0 Å². The zero-order valence-electron chi connectivity index (χ0n) is 12.4. The van der Waals surface area contributed by atoms with Crippen LogP contribution in [0.3, 0.4) is 0 Å². The second kappa shape index (κ2) is 4.89. The third-order valence-electron chi connectivity index (χ3n) is 4.44. The quantitative estimate of drug-likeness (QED) is 0.760. The van der Waals surface area contributed by atoms with Crippen molar-refractivity contribution in [1.29, 1.82) is 0 Å². The average Bonchev–Trinajstić information content (AvgIpc) is 2.56. The van der Waals surface area contributed by atoms with Gasteiger partial charge in [0.1, 0.15) is 11.8 Å². The lowest BCUT2D eigenvalue weighted by molar-refractivity contribution is -0.136. The first-order chi connectivity index (χ1) is 11.5. The molecule has 2 heterocycles. The summed E-state index contributed by atoms with van der Waals surface area (Å²) in [6.45, 7) is 0. The number of carbonyl (C=O) groups excluding carboxylic acids is 4. The van der Waals surface area contributed by atoms with E-state index in [1.54, 1.807) is 18.2 Å². The van der Waals surface area contributed by atoms with E-state index >= 15 is 0 Å². The van der Waals surface area contributed by atoms with Crippen molar-refractivity contribution in [3.8, 4) is 5.75 Å². The second-order valence-electron chi connectivity index (χ2n) is 5.81. The summed E-state index contributed by atoms with van der Waals surface area (Å²) in [7, 11) is 0. The Hall–Kier alpha value is -3.22. The summed E-state index contributed by atoms with van der Waals surface area (Å²) in [6.07, 6.45) is 0.172. The molecule has 0 aromatic heterocycles. The minimum absolute atomic E-state index is 0.0225. The summed E-state index contributed by atoms with van der Waals surface area (Å²) < 4.78 is 0. The van der Waals surface area contributed by atoms with E-state index in [1.165, 1.54) is 12.1 Å². The van der Waals surface area contributed by atoms with Gasteiger partial charge in [0.2, 0.25) is 11.8 Å². The number of hydrogen-bond donors (Lipinski definition) is 2. The standard InChI is InChI=1S/C17H12N2O5/c20-12-6-4-10-14-8(12)2-1-3-9(14)16(23)19(17(10)24)11-5-7-13(21)18-15(11)22/h1-4,6,11,20H,5,7H2,(H,18,21,22). The van der Waals surface area contributed by atoms with Gasteiger partial charge < -0.3 is 5.11 Å². The SMILES string of the molecule is O=C1CCC(N2C(=O)c3cccc4c(O)ccc(c34)C2=O)C(=O)N1. The molecule has 24 heavy (non-hydrogen) atoms. The molecule has 0 bridgehead atoms. The zero-order valence-corrected chi connectivity index (χ0v) is 12.4. The molecular weight excluding hydrogens is 312 g/mol. The maximum atomic E-state index is 12.8. The number of nitrogens with one attached hydrogen (secondary N) is 1. The minimum Gasteiger partial charge on any atom is -0.507 e. The van der Waals surface area contributed by atoms with Gasteiger partial charge in [0.25, 0.3) is 11.8 Å². The molecule has 0 saturated carbocycles. The molecule has 4 rings (SSSR count). The number of piperidine rings is 1. The highest BCUT2D eigenvalue weighted by Gasteiger charge is 2.42.